The van der Waals surface area contributed by atoms with Gasteiger partial charge in [0.15, 0.2) is 6.61 Å². The molecule has 26 heavy (non-hydrogen) atoms. The number of fused-ring (bicyclic) bond motifs is 1. The highest BCUT2D eigenvalue weighted by atomic mass is 16.5. The van der Waals surface area contributed by atoms with E-state index in [1.165, 1.54) is 0 Å². The number of carbonyl (C=O) groups is 1. The van der Waals surface area contributed by atoms with E-state index in [9.17, 15) is 4.79 Å². The van der Waals surface area contributed by atoms with Crippen molar-refractivity contribution in [1.82, 2.24) is 4.98 Å². The molecule has 0 unspecified atom stereocenters. The van der Waals surface area contributed by atoms with E-state index in [0.717, 1.165) is 28.4 Å². The Bertz CT molecular complexity index is 972. The predicted octanol–water partition coefficient (Wildman–Crippen LogP) is 2.61. The third-order valence-electron chi connectivity index (χ3n) is 4.14. The number of methoxy groups -OCH3 is 1. The van der Waals surface area contributed by atoms with Crippen LogP contribution in [0.25, 0.3) is 11.1 Å². The molecular weight excluding hydrogens is 330 g/mol. The van der Waals surface area contributed by atoms with Gasteiger partial charge in [-0.25, -0.2) is 4.98 Å². The normalized spacial score (nSPS) is 12.7. The van der Waals surface area contributed by atoms with Crippen LogP contribution in [0.1, 0.15) is 0 Å². The fraction of sp³-hybridized carbons (Fsp3) is 0.100. The summed E-state index contributed by atoms with van der Waals surface area (Å²) in [5, 5.41) is 4.83. The van der Waals surface area contributed by atoms with Gasteiger partial charge in [-0.2, -0.15) is 0 Å². The Morgan fingerprint density at radius 2 is 2.00 bits per heavy atom. The van der Waals surface area contributed by atoms with Gasteiger partial charge in [0.25, 0.3) is 5.91 Å². The highest BCUT2D eigenvalue weighted by molar-refractivity contribution is 5.96. The molecule has 4 rings (SSSR count). The lowest BCUT2D eigenvalue weighted by atomic mass is 10.1. The van der Waals surface area contributed by atoms with Crippen molar-refractivity contribution in [2.75, 3.05) is 19.0 Å². The number of ether oxygens (including phenoxy) is 2. The molecule has 2 heterocycles. The fourth-order valence-corrected chi connectivity index (χ4v) is 2.87. The first-order valence-electron chi connectivity index (χ1n) is 8.23. The molecule has 6 heteroatoms. The largest absolute Gasteiger partial charge is 0.497 e. The van der Waals surface area contributed by atoms with Gasteiger partial charge in [-0.1, -0.05) is 12.1 Å². The Morgan fingerprint density at radius 3 is 2.88 bits per heavy atom. The molecular formula is C20H18N3O3+. The number of amides is 1. The molecule has 0 aliphatic carbocycles. The van der Waals surface area contributed by atoms with Crippen LogP contribution < -0.4 is 20.1 Å². The number of nitrogens with one attached hydrogen (secondary N) is 1. The van der Waals surface area contributed by atoms with E-state index < -0.39 is 0 Å². The van der Waals surface area contributed by atoms with Crippen LogP contribution in [0.2, 0.25) is 0 Å². The van der Waals surface area contributed by atoms with E-state index in [1.807, 2.05) is 59.9 Å². The van der Waals surface area contributed by atoms with Crippen molar-refractivity contribution in [2.24, 2.45) is 0 Å². The summed E-state index contributed by atoms with van der Waals surface area (Å²) >= 11 is 0. The van der Waals surface area contributed by atoms with Gasteiger partial charge >= 0.3 is 0 Å². The first-order valence-corrected chi connectivity index (χ1v) is 8.23. The average molecular weight is 348 g/mol. The number of benzene rings is 2. The summed E-state index contributed by atoms with van der Waals surface area (Å²) in [6.45, 7) is 0.0568. The van der Waals surface area contributed by atoms with Gasteiger partial charge < -0.3 is 14.8 Å². The molecule has 0 spiro atoms. The van der Waals surface area contributed by atoms with Crippen LogP contribution in [0.4, 0.5) is 17.2 Å². The van der Waals surface area contributed by atoms with Crippen LogP contribution in [0.3, 0.4) is 0 Å². The summed E-state index contributed by atoms with van der Waals surface area (Å²) in [6.07, 6.45) is 1.77. The minimum atomic E-state index is -0.142. The minimum absolute atomic E-state index is 0.0568. The summed E-state index contributed by atoms with van der Waals surface area (Å²) in [7, 11) is 1.65. The maximum Gasteiger partial charge on any atom is 0.262 e. The van der Waals surface area contributed by atoms with Crippen molar-refractivity contribution in [3.63, 3.8) is 0 Å². The molecule has 0 radical (unpaired) electrons. The number of hydrogen-bond donors (Lipinski definition) is 2. The quantitative estimate of drug-likeness (QED) is 0.711. The Labute approximate surface area is 150 Å². The summed E-state index contributed by atoms with van der Waals surface area (Å²) in [5.41, 5.74) is 3.70. The minimum Gasteiger partial charge on any atom is -0.497 e. The number of pyridine rings is 1. The predicted molar refractivity (Wildman–Crippen MR) is 98.0 cm³/mol. The van der Waals surface area contributed by atoms with Gasteiger partial charge in [-0.15, -0.1) is 0 Å². The SMILES string of the molecule is COc1cccc([NH2+]c2cc(-c3ccc4c(c3)NC(=O)CO4)ccn2)c1. The van der Waals surface area contributed by atoms with Crippen molar-refractivity contribution >= 4 is 23.1 Å². The molecule has 0 bridgehead atoms. The molecule has 6 nitrogen and oxygen atoms in total. The van der Waals surface area contributed by atoms with Gasteiger partial charge in [0.2, 0.25) is 5.82 Å². The number of nitrogens with zero attached hydrogens (tertiary/aromatic N) is 1. The number of carbonyl (C=O) groups excluding carboxylic acids is 1. The van der Waals surface area contributed by atoms with Crippen molar-refractivity contribution in [2.45, 2.75) is 0 Å². The molecule has 1 aliphatic rings. The van der Waals surface area contributed by atoms with Gasteiger partial charge in [-0.05, 0) is 41.5 Å². The molecule has 3 aromatic rings. The molecule has 130 valence electrons. The Morgan fingerprint density at radius 1 is 1.12 bits per heavy atom. The molecule has 0 saturated carbocycles. The highest BCUT2D eigenvalue weighted by Crippen LogP contribution is 2.32. The maximum absolute atomic E-state index is 11.5. The van der Waals surface area contributed by atoms with E-state index in [2.05, 4.69) is 10.3 Å². The summed E-state index contributed by atoms with van der Waals surface area (Å²) in [4.78, 5) is 15.9. The van der Waals surface area contributed by atoms with Gasteiger partial charge in [-0.3, -0.25) is 10.1 Å². The molecule has 1 aromatic heterocycles. The number of hydrogen-bond acceptors (Lipinski definition) is 4. The lowest BCUT2D eigenvalue weighted by molar-refractivity contribution is -0.483. The van der Waals surface area contributed by atoms with Crippen molar-refractivity contribution in [1.29, 1.82) is 0 Å². The number of aromatic nitrogens is 1. The van der Waals surface area contributed by atoms with E-state index >= 15 is 0 Å². The monoisotopic (exact) mass is 348 g/mol. The van der Waals surface area contributed by atoms with Crippen molar-refractivity contribution in [3.8, 4) is 22.6 Å². The lowest BCUT2D eigenvalue weighted by Gasteiger charge is -2.18. The zero-order chi connectivity index (χ0) is 17.9. The molecule has 0 fully saturated rings. The fourth-order valence-electron chi connectivity index (χ4n) is 2.87. The summed E-state index contributed by atoms with van der Waals surface area (Å²) in [5.74, 6) is 2.19. The zero-order valence-electron chi connectivity index (χ0n) is 14.2. The lowest BCUT2D eigenvalue weighted by Crippen LogP contribution is -2.71. The zero-order valence-corrected chi connectivity index (χ0v) is 14.2. The van der Waals surface area contributed by atoms with Crippen LogP contribution in [0.5, 0.6) is 11.5 Å². The molecule has 0 saturated heterocycles. The van der Waals surface area contributed by atoms with Crippen molar-refractivity contribution < 1.29 is 19.6 Å². The van der Waals surface area contributed by atoms with Crippen LogP contribution in [0.15, 0.2) is 60.8 Å². The number of anilines is 1. The number of quaternary nitrogens is 1. The molecule has 1 amide bonds. The van der Waals surface area contributed by atoms with Gasteiger partial charge in [0.05, 0.1) is 12.8 Å². The molecule has 2 aromatic carbocycles. The van der Waals surface area contributed by atoms with E-state index in [1.54, 1.807) is 13.3 Å². The second-order valence-corrected chi connectivity index (χ2v) is 5.94. The molecule has 0 atom stereocenters. The maximum atomic E-state index is 11.5. The topological polar surface area (TPSA) is 77.1 Å². The van der Waals surface area contributed by atoms with Gasteiger partial charge in [0.1, 0.15) is 17.2 Å². The van der Waals surface area contributed by atoms with Gasteiger partial charge in [0, 0.05) is 18.3 Å². The Kier molecular flexibility index (Phi) is 4.25. The van der Waals surface area contributed by atoms with E-state index in [-0.39, 0.29) is 12.5 Å². The molecule has 3 N–H and O–H groups in total. The Hall–Kier alpha value is -3.38. The first-order chi connectivity index (χ1) is 12.7. The Balaban J connectivity index is 1.61. The third-order valence-corrected chi connectivity index (χ3v) is 4.14. The second-order valence-electron chi connectivity index (χ2n) is 5.94. The number of rotatable bonds is 4. The van der Waals surface area contributed by atoms with E-state index in [0.29, 0.717) is 11.4 Å². The smallest absolute Gasteiger partial charge is 0.262 e. The third kappa shape index (κ3) is 3.36. The first kappa shape index (κ1) is 16.1. The average Bonchev–Trinajstić information content (AvgIpc) is 2.68. The second kappa shape index (κ2) is 6.85. The van der Waals surface area contributed by atoms with Crippen LogP contribution >= 0.6 is 0 Å². The van der Waals surface area contributed by atoms with Crippen LogP contribution in [0, 0.1) is 0 Å². The highest BCUT2D eigenvalue weighted by Gasteiger charge is 2.16. The number of nitrogens with two attached hydrogens (primary N) is 1. The van der Waals surface area contributed by atoms with Crippen LogP contribution in [-0.2, 0) is 4.79 Å². The standard InChI is InChI=1S/C20H17N3O3/c1-25-16-4-2-3-15(11-16)22-19-10-14(7-8-21-19)13-5-6-18-17(9-13)23-20(24)12-26-18/h2-11H,12H2,1H3,(H,21,22)(H,23,24)/p+1. The summed E-state index contributed by atoms with van der Waals surface area (Å²) in [6, 6.07) is 17.5. The molecule has 1 aliphatic heterocycles. The van der Waals surface area contributed by atoms with Crippen molar-refractivity contribution in [3.05, 3.63) is 60.8 Å². The van der Waals surface area contributed by atoms with Crippen LogP contribution in [-0.4, -0.2) is 24.6 Å². The summed E-state index contributed by atoms with van der Waals surface area (Å²) < 4.78 is 10.7. The van der Waals surface area contributed by atoms with E-state index in [4.69, 9.17) is 9.47 Å².